The molecule has 0 bridgehead atoms. The molecule has 2 fully saturated rings. The van der Waals surface area contributed by atoms with E-state index in [0.29, 0.717) is 6.61 Å². The van der Waals surface area contributed by atoms with Crippen molar-refractivity contribution in [2.24, 2.45) is 23.7 Å². The summed E-state index contributed by atoms with van der Waals surface area (Å²) in [5.74, 6) is 4.77. The van der Waals surface area contributed by atoms with Gasteiger partial charge >= 0.3 is 0 Å². The molecule has 0 spiro atoms. The van der Waals surface area contributed by atoms with Crippen molar-refractivity contribution in [2.75, 3.05) is 6.61 Å². The van der Waals surface area contributed by atoms with E-state index in [-0.39, 0.29) is 0 Å². The molecule has 0 radical (unpaired) electrons. The molecule has 1 aromatic rings. The van der Waals surface area contributed by atoms with Gasteiger partial charge < -0.3 is 4.74 Å². The fraction of sp³-hybridized carbons (Fsp3) is 0.771. The Morgan fingerprint density at radius 2 is 1.17 bits per heavy atom. The Morgan fingerprint density at radius 1 is 0.639 bits per heavy atom. The van der Waals surface area contributed by atoms with Gasteiger partial charge in [0.25, 0.3) is 0 Å². The molecule has 1 heteroatoms. The predicted molar refractivity (Wildman–Crippen MR) is 158 cm³/mol. The fourth-order valence-corrected chi connectivity index (χ4v) is 6.71. The summed E-state index contributed by atoms with van der Waals surface area (Å²) in [7, 11) is 0. The van der Waals surface area contributed by atoms with Gasteiger partial charge in [-0.1, -0.05) is 128 Å². The minimum absolute atomic E-state index is 0.707. The molecule has 2 aliphatic carbocycles. The maximum absolute atomic E-state index is 6.02. The van der Waals surface area contributed by atoms with E-state index in [1.54, 1.807) is 0 Å². The summed E-state index contributed by atoms with van der Waals surface area (Å²) in [6.45, 7) is 5.32. The molecular formula is C35H58O. The molecule has 0 heterocycles. The molecular weight excluding hydrogens is 436 g/mol. The Bertz CT molecular complexity index is 673. The molecule has 0 N–H and O–H groups in total. The zero-order chi connectivity index (χ0) is 25.3. The summed E-state index contributed by atoms with van der Waals surface area (Å²) in [4.78, 5) is 0. The first-order valence-electron chi connectivity index (χ1n) is 16.1. The van der Waals surface area contributed by atoms with E-state index < -0.39 is 0 Å². The second-order valence-electron chi connectivity index (χ2n) is 12.3. The lowest BCUT2D eigenvalue weighted by Gasteiger charge is -2.28. The minimum Gasteiger partial charge on any atom is -0.490 e. The van der Waals surface area contributed by atoms with Gasteiger partial charge in [0, 0.05) is 0 Å². The van der Waals surface area contributed by atoms with Crippen LogP contribution in [0, 0.1) is 23.7 Å². The van der Waals surface area contributed by atoms with E-state index in [1.807, 2.05) is 0 Å². The highest BCUT2D eigenvalue weighted by molar-refractivity contribution is 5.27. The maximum atomic E-state index is 6.02. The number of hydrogen-bond acceptors (Lipinski definition) is 1. The Kier molecular flexibility index (Phi) is 14.7. The first-order valence-corrected chi connectivity index (χ1v) is 16.1. The summed E-state index contributed by atoms with van der Waals surface area (Å²) in [5.41, 5.74) is 1.48. The lowest BCUT2D eigenvalue weighted by Crippen LogP contribution is -2.15. The Balaban J connectivity index is 1.22. The van der Waals surface area contributed by atoms with Gasteiger partial charge in [-0.25, -0.2) is 0 Å². The highest BCUT2D eigenvalue weighted by Crippen LogP contribution is 2.35. The van der Waals surface area contributed by atoms with Crippen LogP contribution in [-0.2, 0) is 6.42 Å². The summed E-state index contributed by atoms with van der Waals surface area (Å²) < 4.78 is 6.02. The molecule has 0 aromatic heterocycles. The molecule has 0 amide bonds. The molecule has 0 atom stereocenters. The predicted octanol–water partition coefficient (Wildman–Crippen LogP) is 11.1. The number of hydrogen-bond donors (Lipinski definition) is 0. The Morgan fingerprint density at radius 3 is 1.81 bits per heavy atom. The van der Waals surface area contributed by atoms with Crippen molar-refractivity contribution in [1.29, 1.82) is 0 Å². The van der Waals surface area contributed by atoms with Crippen molar-refractivity contribution in [3.05, 3.63) is 42.0 Å². The van der Waals surface area contributed by atoms with Gasteiger partial charge in [-0.05, 0) is 79.9 Å². The molecule has 2 saturated carbocycles. The van der Waals surface area contributed by atoms with Crippen molar-refractivity contribution in [3.8, 4) is 5.75 Å². The third-order valence-corrected chi connectivity index (χ3v) is 9.31. The quantitative estimate of drug-likeness (QED) is 0.154. The van der Waals surface area contributed by atoms with Crippen molar-refractivity contribution in [3.63, 3.8) is 0 Å². The SMILES string of the molecule is CCCCCCCC1CCC(C=CCOc2ccc(CCC3CCC(CCCCC)CC3)cc2)CC1. The lowest BCUT2D eigenvalue weighted by molar-refractivity contribution is 0.249. The summed E-state index contributed by atoms with van der Waals surface area (Å²) in [5, 5.41) is 0. The van der Waals surface area contributed by atoms with Crippen LogP contribution in [0.25, 0.3) is 0 Å². The van der Waals surface area contributed by atoms with Crippen LogP contribution in [0.5, 0.6) is 5.75 Å². The van der Waals surface area contributed by atoms with Crippen LogP contribution in [0.1, 0.15) is 141 Å². The third kappa shape index (κ3) is 11.9. The molecule has 2 aliphatic rings. The van der Waals surface area contributed by atoms with E-state index in [1.165, 1.54) is 134 Å². The normalized spacial score (nSPS) is 24.8. The zero-order valence-corrected chi connectivity index (χ0v) is 24.0. The number of rotatable bonds is 17. The smallest absolute Gasteiger partial charge is 0.119 e. The first-order chi connectivity index (χ1) is 17.8. The zero-order valence-electron chi connectivity index (χ0n) is 24.0. The van der Waals surface area contributed by atoms with E-state index in [0.717, 1.165) is 29.4 Å². The second kappa shape index (κ2) is 18.1. The number of allylic oxidation sites excluding steroid dienone is 1. The van der Waals surface area contributed by atoms with Gasteiger partial charge in [-0.2, -0.15) is 0 Å². The summed E-state index contributed by atoms with van der Waals surface area (Å²) >= 11 is 0. The van der Waals surface area contributed by atoms with E-state index in [9.17, 15) is 0 Å². The number of aryl methyl sites for hydroxylation is 1. The molecule has 0 aliphatic heterocycles. The molecule has 204 valence electrons. The fourth-order valence-electron chi connectivity index (χ4n) is 6.71. The van der Waals surface area contributed by atoms with Crippen LogP contribution in [0.2, 0.25) is 0 Å². The summed E-state index contributed by atoms with van der Waals surface area (Å²) in [6, 6.07) is 8.94. The van der Waals surface area contributed by atoms with Crippen LogP contribution in [0.3, 0.4) is 0 Å². The van der Waals surface area contributed by atoms with Gasteiger partial charge in [0.05, 0.1) is 0 Å². The highest BCUT2D eigenvalue weighted by atomic mass is 16.5. The van der Waals surface area contributed by atoms with Crippen molar-refractivity contribution >= 4 is 0 Å². The standard InChI is InChI=1S/C35H58O/c1-3-5-7-8-10-13-31-15-17-32(18-16-31)14-11-29-36-35-27-25-34(26-28-35)24-23-33-21-19-30(20-22-33)12-9-6-4-2/h11,14,25-28,30-33H,3-10,12-13,15-24,29H2,1-2H3. The van der Waals surface area contributed by atoms with Gasteiger partial charge in [0.2, 0.25) is 0 Å². The highest BCUT2D eigenvalue weighted by Gasteiger charge is 2.21. The molecule has 36 heavy (non-hydrogen) atoms. The van der Waals surface area contributed by atoms with E-state index in [4.69, 9.17) is 4.74 Å². The van der Waals surface area contributed by atoms with Gasteiger partial charge in [0.15, 0.2) is 0 Å². The van der Waals surface area contributed by atoms with Crippen LogP contribution in [-0.4, -0.2) is 6.61 Å². The van der Waals surface area contributed by atoms with Crippen LogP contribution in [0.4, 0.5) is 0 Å². The topological polar surface area (TPSA) is 9.23 Å². The minimum atomic E-state index is 0.707. The van der Waals surface area contributed by atoms with Crippen molar-refractivity contribution < 1.29 is 4.74 Å². The van der Waals surface area contributed by atoms with E-state index >= 15 is 0 Å². The number of unbranched alkanes of at least 4 members (excludes halogenated alkanes) is 6. The first kappa shape index (κ1) is 29.3. The number of ether oxygens (including phenoxy) is 1. The molecule has 3 rings (SSSR count). The van der Waals surface area contributed by atoms with Gasteiger partial charge in [-0.3, -0.25) is 0 Å². The third-order valence-electron chi connectivity index (χ3n) is 9.31. The average molecular weight is 495 g/mol. The molecule has 0 saturated heterocycles. The largest absolute Gasteiger partial charge is 0.490 e. The molecule has 1 aromatic carbocycles. The van der Waals surface area contributed by atoms with Crippen LogP contribution in [0.15, 0.2) is 36.4 Å². The van der Waals surface area contributed by atoms with Gasteiger partial charge in [0.1, 0.15) is 12.4 Å². The van der Waals surface area contributed by atoms with Crippen molar-refractivity contribution in [1.82, 2.24) is 0 Å². The van der Waals surface area contributed by atoms with Crippen LogP contribution < -0.4 is 4.74 Å². The van der Waals surface area contributed by atoms with Gasteiger partial charge in [-0.15, -0.1) is 0 Å². The molecule has 0 unspecified atom stereocenters. The summed E-state index contributed by atoms with van der Waals surface area (Å²) in [6.07, 6.45) is 33.1. The Labute approximate surface area is 224 Å². The Hall–Kier alpha value is -1.24. The second-order valence-corrected chi connectivity index (χ2v) is 12.3. The van der Waals surface area contributed by atoms with Crippen LogP contribution >= 0.6 is 0 Å². The maximum Gasteiger partial charge on any atom is 0.119 e. The average Bonchev–Trinajstić information content (AvgIpc) is 2.92. The number of benzene rings is 1. The molecule has 1 nitrogen and oxygen atoms in total. The van der Waals surface area contributed by atoms with Crippen molar-refractivity contribution in [2.45, 2.75) is 142 Å². The van der Waals surface area contributed by atoms with E-state index in [2.05, 4.69) is 50.3 Å². The lowest BCUT2D eigenvalue weighted by atomic mass is 9.78. The monoisotopic (exact) mass is 494 g/mol.